The van der Waals surface area contributed by atoms with Crippen molar-refractivity contribution in [2.45, 2.75) is 13.3 Å². The van der Waals surface area contributed by atoms with Crippen molar-refractivity contribution in [1.82, 2.24) is 0 Å². The molecule has 0 saturated carbocycles. The lowest BCUT2D eigenvalue weighted by atomic mass is 10.1. The van der Waals surface area contributed by atoms with Crippen molar-refractivity contribution >= 4 is 11.4 Å². The lowest BCUT2D eigenvalue weighted by molar-refractivity contribution is -0.395. The highest BCUT2D eigenvalue weighted by Crippen LogP contribution is 2.27. The standard InChI is InChI=1S/C8H8N2O4/c1-2-6-7(9(11)12)4-3-5-8(6)10(13)14/h3-5H,2H2,1H3. The number of hydrogen-bond acceptors (Lipinski definition) is 4. The van der Waals surface area contributed by atoms with E-state index in [2.05, 4.69) is 0 Å². The molecule has 0 unspecified atom stereocenters. The molecule has 6 nitrogen and oxygen atoms in total. The summed E-state index contributed by atoms with van der Waals surface area (Å²) >= 11 is 0. The first-order chi connectivity index (χ1) is 6.57. The molecule has 1 aromatic carbocycles. The zero-order valence-corrected chi connectivity index (χ0v) is 7.47. The Morgan fingerprint density at radius 1 is 1.14 bits per heavy atom. The van der Waals surface area contributed by atoms with E-state index in [4.69, 9.17) is 0 Å². The van der Waals surface area contributed by atoms with Crippen molar-refractivity contribution in [2.24, 2.45) is 0 Å². The van der Waals surface area contributed by atoms with E-state index >= 15 is 0 Å². The van der Waals surface area contributed by atoms with Crippen molar-refractivity contribution in [1.29, 1.82) is 0 Å². The minimum Gasteiger partial charge on any atom is -0.258 e. The van der Waals surface area contributed by atoms with Crippen LogP contribution in [0.5, 0.6) is 0 Å². The molecule has 0 atom stereocenters. The van der Waals surface area contributed by atoms with Crippen LogP contribution in [-0.4, -0.2) is 9.85 Å². The molecule has 0 aliphatic rings. The molecule has 0 spiro atoms. The Kier molecular flexibility index (Phi) is 2.76. The number of rotatable bonds is 3. The van der Waals surface area contributed by atoms with E-state index in [0.29, 0.717) is 0 Å². The summed E-state index contributed by atoms with van der Waals surface area (Å²) in [7, 11) is 0. The summed E-state index contributed by atoms with van der Waals surface area (Å²) in [6.45, 7) is 1.65. The van der Waals surface area contributed by atoms with Gasteiger partial charge in [-0.25, -0.2) is 0 Å². The summed E-state index contributed by atoms with van der Waals surface area (Å²) in [4.78, 5) is 19.9. The quantitative estimate of drug-likeness (QED) is 0.546. The van der Waals surface area contributed by atoms with Crippen LogP contribution in [0.1, 0.15) is 12.5 Å². The van der Waals surface area contributed by atoms with Crippen LogP contribution in [0.3, 0.4) is 0 Å². The summed E-state index contributed by atoms with van der Waals surface area (Å²) in [5.74, 6) is 0. The molecule has 1 rings (SSSR count). The van der Waals surface area contributed by atoms with Gasteiger partial charge in [0.25, 0.3) is 11.4 Å². The Morgan fingerprint density at radius 3 is 1.86 bits per heavy atom. The van der Waals surface area contributed by atoms with Gasteiger partial charge in [0.1, 0.15) is 5.56 Å². The molecule has 0 saturated heterocycles. The van der Waals surface area contributed by atoms with Gasteiger partial charge in [0.15, 0.2) is 0 Å². The number of nitro benzene ring substituents is 2. The maximum atomic E-state index is 10.5. The highest BCUT2D eigenvalue weighted by molar-refractivity contribution is 5.53. The molecule has 0 N–H and O–H groups in total. The summed E-state index contributed by atoms with van der Waals surface area (Å²) in [5.41, 5.74) is -0.217. The third-order valence-electron chi connectivity index (χ3n) is 1.87. The van der Waals surface area contributed by atoms with Gasteiger partial charge in [0, 0.05) is 12.1 Å². The van der Waals surface area contributed by atoms with Crippen LogP contribution in [0.2, 0.25) is 0 Å². The van der Waals surface area contributed by atoms with E-state index in [9.17, 15) is 20.2 Å². The SMILES string of the molecule is CCc1c([N+](=O)[O-])cccc1[N+](=O)[O-]. The maximum Gasteiger partial charge on any atom is 0.279 e. The molecule has 0 fully saturated rings. The minimum absolute atomic E-state index is 0.169. The Hall–Kier alpha value is -1.98. The zero-order valence-electron chi connectivity index (χ0n) is 7.47. The third-order valence-corrected chi connectivity index (χ3v) is 1.87. The van der Waals surface area contributed by atoms with Crippen LogP contribution >= 0.6 is 0 Å². The van der Waals surface area contributed by atoms with Gasteiger partial charge < -0.3 is 0 Å². The Labute approximate surface area is 79.5 Å². The summed E-state index contributed by atoms with van der Waals surface area (Å²) in [6.07, 6.45) is 0.271. The second kappa shape index (κ2) is 3.82. The van der Waals surface area contributed by atoms with Gasteiger partial charge in [-0.15, -0.1) is 0 Å². The molecule has 0 aliphatic carbocycles. The third kappa shape index (κ3) is 1.68. The molecule has 0 heterocycles. The van der Waals surface area contributed by atoms with E-state index in [0.717, 1.165) is 0 Å². The first-order valence-electron chi connectivity index (χ1n) is 3.98. The summed E-state index contributed by atoms with van der Waals surface area (Å²) < 4.78 is 0. The van der Waals surface area contributed by atoms with Crippen molar-refractivity contribution < 1.29 is 9.85 Å². The summed E-state index contributed by atoms with van der Waals surface area (Å²) in [6, 6.07) is 3.85. The Balaban J connectivity index is 3.39. The second-order valence-corrected chi connectivity index (χ2v) is 2.64. The first-order valence-corrected chi connectivity index (χ1v) is 3.98. The molecule has 74 valence electrons. The molecule has 0 amide bonds. The highest BCUT2D eigenvalue weighted by atomic mass is 16.6. The fraction of sp³-hybridized carbons (Fsp3) is 0.250. The Bertz CT molecular complexity index is 357. The molecule has 0 aromatic heterocycles. The molecule has 1 aromatic rings. The zero-order chi connectivity index (χ0) is 10.7. The van der Waals surface area contributed by atoms with E-state index in [-0.39, 0.29) is 23.4 Å². The fourth-order valence-electron chi connectivity index (χ4n) is 1.27. The molecular weight excluding hydrogens is 188 g/mol. The van der Waals surface area contributed by atoms with Gasteiger partial charge >= 0.3 is 0 Å². The van der Waals surface area contributed by atoms with Gasteiger partial charge in [-0.1, -0.05) is 6.92 Å². The van der Waals surface area contributed by atoms with Crippen molar-refractivity contribution in [2.75, 3.05) is 0 Å². The van der Waals surface area contributed by atoms with E-state index in [1.165, 1.54) is 18.2 Å². The molecule has 0 radical (unpaired) electrons. The van der Waals surface area contributed by atoms with Crippen LogP contribution in [0, 0.1) is 20.2 Å². The minimum atomic E-state index is -0.605. The lowest BCUT2D eigenvalue weighted by Crippen LogP contribution is -1.99. The topological polar surface area (TPSA) is 86.3 Å². The molecule has 0 bridgehead atoms. The monoisotopic (exact) mass is 196 g/mol. The lowest BCUT2D eigenvalue weighted by Gasteiger charge is -2.00. The van der Waals surface area contributed by atoms with Crippen LogP contribution in [0.15, 0.2) is 18.2 Å². The molecule has 0 aliphatic heterocycles. The smallest absolute Gasteiger partial charge is 0.258 e. The normalized spacial score (nSPS) is 9.79. The van der Waals surface area contributed by atoms with Gasteiger partial charge in [-0.2, -0.15) is 0 Å². The van der Waals surface area contributed by atoms with Gasteiger partial charge in [-0.3, -0.25) is 20.2 Å². The van der Waals surface area contributed by atoms with E-state index in [1.807, 2.05) is 0 Å². The Morgan fingerprint density at radius 2 is 1.57 bits per heavy atom. The van der Waals surface area contributed by atoms with E-state index < -0.39 is 9.85 Å². The number of nitro groups is 2. The first kappa shape index (κ1) is 10.1. The highest BCUT2D eigenvalue weighted by Gasteiger charge is 2.22. The van der Waals surface area contributed by atoms with Gasteiger partial charge in [0.05, 0.1) is 9.85 Å². The van der Waals surface area contributed by atoms with Crippen LogP contribution in [-0.2, 0) is 6.42 Å². The van der Waals surface area contributed by atoms with E-state index in [1.54, 1.807) is 6.92 Å². The van der Waals surface area contributed by atoms with Crippen LogP contribution in [0.4, 0.5) is 11.4 Å². The number of nitrogens with zero attached hydrogens (tertiary/aromatic N) is 2. The van der Waals surface area contributed by atoms with Crippen LogP contribution < -0.4 is 0 Å². The van der Waals surface area contributed by atoms with Gasteiger partial charge in [0.2, 0.25) is 0 Å². The molecule has 14 heavy (non-hydrogen) atoms. The van der Waals surface area contributed by atoms with Crippen molar-refractivity contribution in [3.63, 3.8) is 0 Å². The predicted octanol–water partition coefficient (Wildman–Crippen LogP) is 2.07. The second-order valence-electron chi connectivity index (χ2n) is 2.64. The predicted molar refractivity (Wildman–Crippen MR) is 49.1 cm³/mol. The number of hydrogen-bond donors (Lipinski definition) is 0. The molecule has 6 heteroatoms. The average molecular weight is 196 g/mol. The fourth-order valence-corrected chi connectivity index (χ4v) is 1.27. The van der Waals surface area contributed by atoms with Crippen LogP contribution in [0.25, 0.3) is 0 Å². The largest absolute Gasteiger partial charge is 0.279 e. The van der Waals surface area contributed by atoms with Crippen molar-refractivity contribution in [3.05, 3.63) is 44.0 Å². The molecular formula is C8H8N2O4. The van der Waals surface area contributed by atoms with Gasteiger partial charge in [-0.05, 0) is 12.5 Å². The maximum absolute atomic E-state index is 10.5. The summed E-state index contributed by atoms with van der Waals surface area (Å²) in [5, 5.41) is 21.1. The average Bonchev–Trinajstić information content (AvgIpc) is 2.16. The number of benzene rings is 1. The van der Waals surface area contributed by atoms with Crippen molar-refractivity contribution in [3.8, 4) is 0 Å².